The molecule has 1 aliphatic carbocycles. The Hall–Kier alpha value is -1.66. The first-order valence-corrected chi connectivity index (χ1v) is 19.6. The van der Waals surface area contributed by atoms with Crippen LogP contribution in [0.3, 0.4) is 0 Å². The molecule has 1 aliphatic rings. The van der Waals surface area contributed by atoms with Crippen molar-refractivity contribution in [2.75, 3.05) is 0 Å². The van der Waals surface area contributed by atoms with Gasteiger partial charge in [0.1, 0.15) is 0 Å². The molecule has 0 amide bonds. The van der Waals surface area contributed by atoms with Crippen LogP contribution in [0.2, 0.25) is 0 Å². The number of hydrogen-bond donors (Lipinski definition) is 0. The van der Waals surface area contributed by atoms with Gasteiger partial charge in [-0.05, 0) is 122 Å². The van der Waals surface area contributed by atoms with Crippen molar-refractivity contribution in [2.24, 2.45) is 0 Å². The molecule has 0 N–H and O–H groups in total. The second kappa shape index (κ2) is 11.4. The van der Waals surface area contributed by atoms with Gasteiger partial charge in [0, 0.05) is 0 Å². The minimum atomic E-state index is -0.826. The predicted molar refractivity (Wildman–Crippen MR) is 164 cm³/mol. The van der Waals surface area contributed by atoms with Gasteiger partial charge in [0.2, 0.25) is 0 Å². The van der Waals surface area contributed by atoms with Crippen LogP contribution in [0.25, 0.3) is 33.4 Å². The van der Waals surface area contributed by atoms with E-state index in [1.54, 1.807) is 0 Å². The monoisotopic (exact) mass is 618 g/mol. The molecule has 38 heavy (non-hydrogen) atoms. The second-order valence-electron chi connectivity index (χ2n) is 12.5. The van der Waals surface area contributed by atoms with Gasteiger partial charge in [-0.25, -0.2) is 0 Å². The van der Waals surface area contributed by atoms with E-state index >= 15 is 0 Å². The first-order valence-electron chi connectivity index (χ1n) is 13.3. The van der Waals surface area contributed by atoms with Crippen molar-refractivity contribution < 1.29 is 20.8 Å². The standard InChI is InChI=1S/C35H38.2ClH.Zr/c1-22-13-9-11-15-26(22)30-18-24-17-25-19-31(27-16-12-10-14-23(27)2)33(35(6,7)8)21-29(25)28(24)20-32(30)34(3,4)5;;;/h9-16,18-21H,17H2,1-8H3;2*1H;/q;;;+2/p-2. The molecule has 0 saturated carbocycles. The Kier molecular flexibility index (Phi) is 8.84. The van der Waals surface area contributed by atoms with Crippen LogP contribution in [0.15, 0.2) is 72.8 Å². The number of benzene rings is 4. The molecule has 0 atom stereocenters. The molecule has 0 aliphatic heterocycles. The quantitative estimate of drug-likeness (QED) is 0.184. The molecule has 196 valence electrons. The topological polar surface area (TPSA) is 0 Å². The van der Waals surface area contributed by atoms with E-state index in [4.69, 9.17) is 17.0 Å². The van der Waals surface area contributed by atoms with E-state index in [1.807, 2.05) is 0 Å². The first kappa shape index (κ1) is 29.3. The van der Waals surface area contributed by atoms with Gasteiger partial charge in [0.15, 0.2) is 0 Å². The summed E-state index contributed by atoms with van der Waals surface area (Å²) in [6.07, 6.45) is 0.997. The van der Waals surface area contributed by atoms with Crippen LogP contribution in [-0.2, 0) is 38.1 Å². The van der Waals surface area contributed by atoms with E-state index in [0.717, 1.165) is 6.42 Å². The molecule has 0 radical (unpaired) electrons. The zero-order valence-electron chi connectivity index (χ0n) is 23.9. The van der Waals surface area contributed by atoms with Crippen molar-refractivity contribution in [2.45, 2.75) is 72.6 Å². The molecule has 0 nitrogen and oxygen atoms in total. The zero-order chi connectivity index (χ0) is 27.8. The van der Waals surface area contributed by atoms with E-state index in [9.17, 15) is 0 Å². The van der Waals surface area contributed by atoms with Crippen LogP contribution in [0.4, 0.5) is 0 Å². The normalized spacial score (nSPS) is 12.4. The fourth-order valence-corrected chi connectivity index (χ4v) is 5.73. The summed E-state index contributed by atoms with van der Waals surface area (Å²) in [5, 5.41) is 0. The number of halogens is 2. The number of fused-ring (bicyclic) bond motifs is 3. The van der Waals surface area contributed by atoms with E-state index in [1.165, 1.54) is 66.8 Å². The van der Waals surface area contributed by atoms with Gasteiger partial charge in [-0.3, -0.25) is 0 Å². The zero-order valence-corrected chi connectivity index (χ0v) is 27.9. The van der Waals surface area contributed by atoms with Crippen molar-refractivity contribution in [1.82, 2.24) is 0 Å². The van der Waals surface area contributed by atoms with E-state index in [0.29, 0.717) is 0 Å². The summed E-state index contributed by atoms with van der Waals surface area (Å²) in [5.41, 5.74) is 16.9. The fourth-order valence-electron chi connectivity index (χ4n) is 5.73. The summed E-state index contributed by atoms with van der Waals surface area (Å²) < 4.78 is 0. The summed E-state index contributed by atoms with van der Waals surface area (Å²) in [6.45, 7) is 18.5. The van der Waals surface area contributed by atoms with Crippen molar-refractivity contribution in [3.8, 4) is 33.4 Å². The molecule has 4 aromatic carbocycles. The SMILES string of the molecule is Cc1ccccc1-c1cc2c(cc1C(C)(C)C)-c1cc(C(C)(C)C)c(-c3ccccc3C)cc1C2.[Cl][Zr][Cl]. The Labute approximate surface area is 248 Å². The van der Waals surface area contributed by atoms with Crippen molar-refractivity contribution in [1.29, 1.82) is 0 Å². The molecular weight excluding hydrogens is 583 g/mol. The molecule has 0 fully saturated rings. The molecule has 3 heteroatoms. The van der Waals surface area contributed by atoms with Gasteiger partial charge in [0.25, 0.3) is 0 Å². The van der Waals surface area contributed by atoms with Crippen LogP contribution in [-0.4, -0.2) is 0 Å². The third-order valence-electron chi connectivity index (χ3n) is 7.64. The van der Waals surface area contributed by atoms with Crippen LogP contribution >= 0.6 is 17.0 Å². The van der Waals surface area contributed by atoms with Gasteiger partial charge in [0.05, 0.1) is 0 Å². The van der Waals surface area contributed by atoms with Crippen LogP contribution in [0.5, 0.6) is 0 Å². The number of rotatable bonds is 2. The minimum absolute atomic E-state index is 0.0589. The summed E-state index contributed by atoms with van der Waals surface area (Å²) in [4.78, 5) is 0. The second-order valence-corrected chi connectivity index (χ2v) is 16.2. The Balaban J connectivity index is 0.00000107. The van der Waals surface area contributed by atoms with Gasteiger partial charge in [-0.1, -0.05) is 90.1 Å². The van der Waals surface area contributed by atoms with Crippen LogP contribution < -0.4 is 0 Å². The van der Waals surface area contributed by atoms with Gasteiger partial charge >= 0.3 is 37.9 Å². The first-order chi connectivity index (χ1) is 17.9. The van der Waals surface area contributed by atoms with E-state index < -0.39 is 20.8 Å². The maximum atomic E-state index is 4.93. The molecule has 0 aromatic heterocycles. The molecular formula is C35H38Cl2Zr. The molecule has 4 aromatic rings. The third kappa shape index (κ3) is 5.91. The predicted octanol–water partition coefficient (Wildman–Crippen LogP) is 11.2. The third-order valence-corrected chi connectivity index (χ3v) is 7.64. The number of hydrogen-bond acceptors (Lipinski definition) is 0. The van der Waals surface area contributed by atoms with Crippen LogP contribution in [0, 0.1) is 13.8 Å². The molecule has 0 unspecified atom stereocenters. The Morgan fingerprint density at radius 2 is 0.868 bits per heavy atom. The van der Waals surface area contributed by atoms with Gasteiger partial charge < -0.3 is 0 Å². The van der Waals surface area contributed by atoms with E-state index in [-0.39, 0.29) is 10.8 Å². The summed E-state index contributed by atoms with van der Waals surface area (Å²) >= 11 is -0.826. The Morgan fingerprint density at radius 3 is 1.18 bits per heavy atom. The van der Waals surface area contributed by atoms with Gasteiger partial charge in [-0.2, -0.15) is 0 Å². The summed E-state index contributed by atoms with van der Waals surface area (Å²) in [6, 6.07) is 27.6. The van der Waals surface area contributed by atoms with Gasteiger partial charge in [-0.15, -0.1) is 0 Å². The number of aryl methyl sites for hydroxylation is 2. The maximum absolute atomic E-state index is 4.93. The fraction of sp³-hybridized carbons (Fsp3) is 0.314. The van der Waals surface area contributed by atoms with Crippen LogP contribution in [0.1, 0.15) is 74.9 Å². The van der Waals surface area contributed by atoms with Crippen molar-refractivity contribution in [3.05, 3.63) is 106 Å². The average molecular weight is 621 g/mol. The van der Waals surface area contributed by atoms with Crippen molar-refractivity contribution in [3.63, 3.8) is 0 Å². The Morgan fingerprint density at radius 1 is 0.526 bits per heavy atom. The summed E-state index contributed by atoms with van der Waals surface area (Å²) in [5.74, 6) is 0. The molecule has 0 heterocycles. The Bertz CT molecular complexity index is 1360. The molecule has 0 spiro atoms. The van der Waals surface area contributed by atoms with Crippen molar-refractivity contribution >= 4 is 17.0 Å². The summed E-state index contributed by atoms with van der Waals surface area (Å²) in [7, 11) is 9.87. The average Bonchev–Trinajstić information content (AvgIpc) is 3.19. The van der Waals surface area contributed by atoms with E-state index in [2.05, 4.69) is 128 Å². The molecule has 0 saturated heterocycles. The molecule has 5 rings (SSSR count). The molecule has 0 bridgehead atoms.